The van der Waals surface area contributed by atoms with Crippen LogP contribution < -0.4 is 5.32 Å². The van der Waals surface area contributed by atoms with Crippen molar-refractivity contribution in [3.63, 3.8) is 0 Å². The molecule has 0 spiro atoms. The molecule has 3 nitrogen and oxygen atoms in total. The summed E-state index contributed by atoms with van der Waals surface area (Å²) in [5.41, 5.74) is 4.86. The third-order valence-electron chi connectivity index (χ3n) is 4.17. The van der Waals surface area contributed by atoms with E-state index in [0.717, 1.165) is 17.9 Å². The summed E-state index contributed by atoms with van der Waals surface area (Å²) in [6.45, 7) is 5.20. The number of aryl methyl sites for hydroxylation is 1. The zero-order valence-corrected chi connectivity index (χ0v) is 13.6. The number of nitrogens with one attached hydrogen (secondary N) is 1. The molecule has 2 aromatic rings. The lowest BCUT2D eigenvalue weighted by Crippen LogP contribution is -2.33. The van der Waals surface area contributed by atoms with Gasteiger partial charge in [-0.15, -0.1) is 0 Å². The van der Waals surface area contributed by atoms with Crippen LogP contribution in [0.2, 0.25) is 0 Å². The van der Waals surface area contributed by atoms with Crippen molar-refractivity contribution in [2.24, 2.45) is 0 Å². The van der Waals surface area contributed by atoms with Gasteiger partial charge >= 0.3 is 0 Å². The fourth-order valence-electron chi connectivity index (χ4n) is 2.90. The van der Waals surface area contributed by atoms with E-state index in [-0.39, 0.29) is 0 Å². The second-order valence-electron chi connectivity index (χ2n) is 5.69. The van der Waals surface area contributed by atoms with Crippen LogP contribution in [0.3, 0.4) is 0 Å². The molecule has 1 N–H and O–H groups in total. The van der Waals surface area contributed by atoms with Crippen LogP contribution in [0, 0.1) is 13.8 Å². The van der Waals surface area contributed by atoms with Gasteiger partial charge in [-0.25, -0.2) is 4.68 Å². The number of aromatic nitrogens is 2. The lowest BCUT2D eigenvalue weighted by Gasteiger charge is -2.22. The molecule has 0 radical (unpaired) electrons. The Kier molecular flexibility index (Phi) is 4.66. The maximum atomic E-state index is 4.72. The zero-order valence-electron chi connectivity index (χ0n) is 12.8. The first-order valence-corrected chi connectivity index (χ1v) is 8.83. The summed E-state index contributed by atoms with van der Waals surface area (Å²) in [6, 6.07) is 11.0. The predicted octanol–water partition coefficient (Wildman–Crippen LogP) is 3.47. The first-order chi connectivity index (χ1) is 10.3. The first kappa shape index (κ1) is 14.7. The van der Waals surface area contributed by atoms with E-state index in [4.69, 9.17) is 5.10 Å². The van der Waals surface area contributed by atoms with E-state index in [1.807, 2.05) is 6.07 Å². The number of thioether (sulfide) groups is 1. The highest BCUT2D eigenvalue weighted by atomic mass is 32.2. The van der Waals surface area contributed by atoms with Crippen molar-refractivity contribution in [1.29, 1.82) is 0 Å². The number of benzene rings is 1. The standard InChI is InChI=1S/C17H23N3S/c1-13-17(11-18-15-7-6-10-21-12-15)14(2)20(19-13)16-8-4-3-5-9-16/h3-5,8-9,15,18H,6-7,10-12H2,1-2H3. The molecule has 1 aromatic heterocycles. The van der Waals surface area contributed by atoms with Crippen LogP contribution in [0.4, 0.5) is 0 Å². The van der Waals surface area contributed by atoms with Crippen molar-refractivity contribution < 1.29 is 0 Å². The van der Waals surface area contributed by atoms with E-state index in [9.17, 15) is 0 Å². The molecule has 0 aliphatic carbocycles. The lowest BCUT2D eigenvalue weighted by molar-refractivity contribution is 0.506. The van der Waals surface area contributed by atoms with Crippen molar-refractivity contribution in [2.75, 3.05) is 11.5 Å². The molecular formula is C17H23N3S. The fraction of sp³-hybridized carbons (Fsp3) is 0.471. The van der Waals surface area contributed by atoms with Crippen molar-refractivity contribution in [3.05, 3.63) is 47.3 Å². The minimum Gasteiger partial charge on any atom is -0.309 e. The summed E-state index contributed by atoms with van der Waals surface area (Å²) in [5.74, 6) is 2.56. The quantitative estimate of drug-likeness (QED) is 0.938. The molecule has 3 rings (SSSR count). The molecule has 112 valence electrons. The Morgan fingerprint density at radius 3 is 2.81 bits per heavy atom. The summed E-state index contributed by atoms with van der Waals surface area (Å²) in [7, 11) is 0. The van der Waals surface area contributed by atoms with E-state index in [2.05, 4.69) is 59.9 Å². The SMILES string of the molecule is Cc1nn(-c2ccccc2)c(C)c1CNC1CCCSC1. The molecule has 1 aliphatic heterocycles. The van der Waals surface area contributed by atoms with Gasteiger partial charge in [0.05, 0.1) is 11.4 Å². The van der Waals surface area contributed by atoms with E-state index in [1.54, 1.807) is 0 Å². The van der Waals surface area contributed by atoms with Gasteiger partial charge < -0.3 is 5.32 Å². The number of nitrogens with zero attached hydrogens (tertiary/aromatic N) is 2. The Hall–Kier alpha value is -1.26. The van der Waals surface area contributed by atoms with Crippen molar-refractivity contribution in [1.82, 2.24) is 15.1 Å². The molecule has 1 saturated heterocycles. The Balaban J connectivity index is 1.75. The maximum Gasteiger partial charge on any atom is 0.0648 e. The highest BCUT2D eigenvalue weighted by Gasteiger charge is 2.16. The number of para-hydroxylation sites is 1. The number of hydrogen-bond donors (Lipinski definition) is 1. The van der Waals surface area contributed by atoms with Gasteiger partial charge in [0.15, 0.2) is 0 Å². The summed E-state index contributed by atoms with van der Waals surface area (Å²) in [5, 5.41) is 8.43. The Morgan fingerprint density at radius 1 is 1.29 bits per heavy atom. The molecule has 0 bridgehead atoms. The van der Waals surface area contributed by atoms with Gasteiger partial charge in [0.1, 0.15) is 0 Å². The van der Waals surface area contributed by atoms with Crippen LogP contribution >= 0.6 is 11.8 Å². The van der Waals surface area contributed by atoms with Gasteiger partial charge in [0.25, 0.3) is 0 Å². The van der Waals surface area contributed by atoms with Crippen LogP contribution in [0.15, 0.2) is 30.3 Å². The van der Waals surface area contributed by atoms with Gasteiger partial charge in [-0.05, 0) is 44.6 Å². The van der Waals surface area contributed by atoms with E-state index >= 15 is 0 Å². The zero-order chi connectivity index (χ0) is 14.7. The average molecular weight is 301 g/mol. The van der Waals surface area contributed by atoms with E-state index < -0.39 is 0 Å². The second kappa shape index (κ2) is 6.67. The largest absolute Gasteiger partial charge is 0.309 e. The number of hydrogen-bond acceptors (Lipinski definition) is 3. The molecule has 1 aliphatic rings. The normalized spacial score (nSPS) is 18.9. The maximum absolute atomic E-state index is 4.72. The monoisotopic (exact) mass is 301 g/mol. The summed E-state index contributed by atoms with van der Waals surface area (Å²) in [6.07, 6.45) is 2.64. The average Bonchev–Trinajstić information content (AvgIpc) is 2.82. The Bertz CT molecular complexity index is 586. The first-order valence-electron chi connectivity index (χ1n) is 7.67. The topological polar surface area (TPSA) is 29.9 Å². The minimum absolute atomic E-state index is 0.655. The van der Waals surface area contributed by atoms with Crippen LogP contribution in [0.5, 0.6) is 0 Å². The number of rotatable bonds is 4. The van der Waals surface area contributed by atoms with Gasteiger partial charge in [0, 0.05) is 29.6 Å². The third-order valence-corrected chi connectivity index (χ3v) is 5.39. The van der Waals surface area contributed by atoms with Crippen LogP contribution in [-0.2, 0) is 6.54 Å². The van der Waals surface area contributed by atoms with Gasteiger partial charge in [-0.1, -0.05) is 18.2 Å². The highest BCUT2D eigenvalue weighted by molar-refractivity contribution is 7.99. The summed E-state index contributed by atoms with van der Waals surface area (Å²) < 4.78 is 2.06. The molecule has 1 aromatic carbocycles. The molecule has 0 amide bonds. The van der Waals surface area contributed by atoms with Crippen molar-refractivity contribution in [2.45, 2.75) is 39.3 Å². The lowest BCUT2D eigenvalue weighted by atomic mass is 10.1. The minimum atomic E-state index is 0.655. The predicted molar refractivity (Wildman–Crippen MR) is 90.2 cm³/mol. The molecule has 1 unspecified atom stereocenters. The van der Waals surface area contributed by atoms with E-state index in [1.165, 1.54) is 35.6 Å². The molecule has 1 fully saturated rings. The van der Waals surface area contributed by atoms with Gasteiger partial charge in [-0.2, -0.15) is 16.9 Å². The highest BCUT2D eigenvalue weighted by Crippen LogP contribution is 2.20. The van der Waals surface area contributed by atoms with Crippen LogP contribution in [0.1, 0.15) is 29.8 Å². The Labute approximate surface area is 131 Å². The summed E-state index contributed by atoms with van der Waals surface area (Å²) in [4.78, 5) is 0. The molecular weight excluding hydrogens is 278 g/mol. The van der Waals surface area contributed by atoms with Gasteiger partial charge in [-0.3, -0.25) is 0 Å². The molecule has 4 heteroatoms. The second-order valence-corrected chi connectivity index (χ2v) is 6.84. The van der Waals surface area contributed by atoms with Crippen molar-refractivity contribution in [3.8, 4) is 5.69 Å². The van der Waals surface area contributed by atoms with Crippen molar-refractivity contribution >= 4 is 11.8 Å². The Morgan fingerprint density at radius 2 is 2.10 bits per heavy atom. The molecule has 0 saturated carbocycles. The third kappa shape index (κ3) is 3.33. The van der Waals surface area contributed by atoms with Crippen LogP contribution in [0.25, 0.3) is 5.69 Å². The molecule has 21 heavy (non-hydrogen) atoms. The summed E-state index contributed by atoms with van der Waals surface area (Å²) >= 11 is 2.07. The smallest absolute Gasteiger partial charge is 0.0648 e. The van der Waals surface area contributed by atoms with E-state index in [0.29, 0.717) is 6.04 Å². The molecule has 1 atom stereocenters. The molecule has 2 heterocycles. The van der Waals surface area contributed by atoms with Crippen LogP contribution in [-0.4, -0.2) is 27.3 Å². The fourth-order valence-corrected chi connectivity index (χ4v) is 4.01. The van der Waals surface area contributed by atoms with Gasteiger partial charge in [0.2, 0.25) is 0 Å².